The molecule has 2 fully saturated rings. The highest BCUT2D eigenvalue weighted by molar-refractivity contribution is 5.75. The van der Waals surface area contributed by atoms with Crippen molar-refractivity contribution in [3.05, 3.63) is 35.1 Å². The Hall–Kier alpha value is -1.56. The van der Waals surface area contributed by atoms with E-state index in [0.717, 1.165) is 25.0 Å². The lowest BCUT2D eigenvalue weighted by Gasteiger charge is -2.48. The molecule has 1 aliphatic carbocycles. The van der Waals surface area contributed by atoms with E-state index in [1.54, 1.807) is 0 Å². The first-order valence-corrected chi connectivity index (χ1v) is 9.26. The molecular weight excluding hydrogens is 345 g/mol. The highest BCUT2D eigenvalue weighted by Crippen LogP contribution is 2.52. The molecule has 0 bridgehead atoms. The molecule has 1 saturated carbocycles. The maximum absolute atomic E-state index is 13.5. The maximum atomic E-state index is 13.5. The lowest BCUT2D eigenvalue weighted by Crippen LogP contribution is -2.49. The number of halogens is 3. The van der Waals surface area contributed by atoms with Crippen molar-refractivity contribution in [2.45, 2.75) is 57.8 Å². The molecule has 1 aromatic carbocycles. The number of hydrogen-bond acceptors (Lipinski definition) is 2. The fourth-order valence-corrected chi connectivity index (χ4v) is 4.75. The third-order valence-electron chi connectivity index (χ3n) is 6.18. The highest BCUT2D eigenvalue weighted by Gasteiger charge is 2.50. The Balaban J connectivity index is 1.74. The second-order valence-corrected chi connectivity index (χ2v) is 8.08. The van der Waals surface area contributed by atoms with E-state index in [4.69, 9.17) is 4.74 Å². The van der Waals surface area contributed by atoms with Crippen LogP contribution in [-0.2, 0) is 9.53 Å². The van der Waals surface area contributed by atoms with Gasteiger partial charge in [0, 0.05) is 5.41 Å². The summed E-state index contributed by atoms with van der Waals surface area (Å²) in [5.41, 5.74) is -0.462. The van der Waals surface area contributed by atoms with E-state index in [1.807, 2.05) is 0 Å². The van der Waals surface area contributed by atoms with Gasteiger partial charge in [-0.2, -0.15) is 0 Å². The summed E-state index contributed by atoms with van der Waals surface area (Å²) < 4.78 is 45.6. The minimum Gasteiger partial charge on any atom is -0.481 e. The van der Waals surface area contributed by atoms with Gasteiger partial charge in [0.15, 0.2) is 17.5 Å². The van der Waals surface area contributed by atoms with E-state index in [9.17, 15) is 23.1 Å². The van der Waals surface area contributed by atoms with Crippen molar-refractivity contribution in [2.75, 3.05) is 13.2 Å². The second-order valence-electron chi connectivity index (χ2n) is 8.08. The van der Waals surface area contributed by atoms with Crippen molar-refractivity contribution in [2.24, 2.45) is 10.8 Å². The standard InChI is InChI=1S/C20H25F3O3/c1-2-5-19(11-26-12-19)10-20(18(24)25)6-3-13(4-7-20)14-8-15(21)17(23)16(22)9-14/h8-9,13H,2-7,10-12H2,1H3,(H,24,25). The number of rotatable bonds is 6. The maximum Gasteiger partial charge on any atom is 0.309 e. The van der Waals surface area contributed by atoms with Gasteiger partial charge >= 0.3 is 5.97 Å². The molecule has 1 N–H and O–H groups in total. The molecule has 144 valence electrons. The van der Waals surface area contributed by atoms with Crippen molar-refractivity contribution in [3.63, 3.8) is 0 Å². The minimum absolute atomic E-state index is 0.0614. The zero-order chi connectivity index (χ0) is 18.9. The highest BCUT2D eigenvalue weighted by atomic mass is 19.2. The zero-order valence-corrected chi connectivity index (χ0v) is 15.0. The average Bonchev–Trinajstić information content (AvgIpc) is 2.58. The van der Waals surface area contributed by atoms with Crippen molar-refractivity contribution in [1.82, 2.24) is 0 Å². The summed E-state index contributed by atoms with van der Waals surface area (Å²) in [7, 11) is 0. The van der Waals surface area contributed by atoms with Crippen molar-refractivity contribution >= 4 is 5.97 Å². The number of carbonyl (C=O) groups is 1. The predicted octanol–water partition coefficient (Wildman–Crippen LogP) is 5.04. The number of benzene rings is 1. The molecule has 26 heavy (non-hydrogen) atoms. The Morgan fingerprint density at radius 2 is 1.77 bits per heavy atom. The SMILES string of the molecule is CCCC1(CC2(C(=O)O)CCC(c3cc(F)c(F)c(F)c3)CC2)COC1. The van der Waals surface area contributed by atoms with E-state index in [2.05, 4.69) is 6.92 Å². The van der Waals surface area contributed by atoms with Crippen LogP contribution in [0.15, 0.2) is 12.1 Å². The first-order chi connectivity index (χ1) is 12.3. The topological polar surface area (TPSA) is 46.5 Å². The minimum atomic E-state index is -1.46. The third kappa shape index (κ3) is 3.48. The van der Waals surface area contributed by atoms with Gasteiger partial charge in [0.25, 0.3) is 0 Å². The number of carboxylic acid groups (broad SMARTS) is 1. The Bertz CT molecular complexity index is 654. The van der Waals surface area contributed by atoms with Gasteiger partial charge < -0.3 is 9.84 Å². The van der Waals surface area contributed by atoms with Gasteiger partial charge in [-0.15, -0.1) is 0 Å². The largest absolute Gasteiger partial charge is 0.481 e. The summed E-state index contributed by atoms with van der Waals surface area (Å²) in [5.74, 6) is -4.79. The molecule has 1 aromatic rings. The van der Waals surface area contributed by atoms with Crippen LogP contribution in [0.25, 0.3) is 0 Å². The van der Waals surface area contributed by atoms with Crippen LogP contribution in [0.5, 0.6) is 0 Å². The first kappa shape index (κ1) is 19.2. The van der Waals surface area contributed by atoms with E-state index in [-0.39, 0.29) is 11.3 Å². The van der Waals surface area contributed by atoms with Crippen LogP contribution in [0.1, 0.15) is 63.4 Å². The summed E-state index contributed by atoms with van der Waals surface area (Å²) >= 11 is 0. The molecular formula is C20H25F3O3. The molecule has 0 radical (unpaired) electrons. The first-order valence-electron chi connectivity index (χ1n) is 9.26. The smallest absolute Gasteiger partial charge is 0.309 e. The summed E-state index contributed by atoms with van der Waals surface area (Å²) in [4.78, 5) is 12.1. The summed E-state index contributed by atoms with van der Waals surface area (Å²) in [6.07, 6.45) is 4.48. The Labute approximate surface area is 151 Å². The molecule has 3 rings (SSSR count). The second kappa shape index (κ2) is 7.22. The fraction of sp³-hybridized carbons (Fsp3) is 0.650. The van der Waals surface area contributed by atoms with Gasteiger partial charge in [0.2, 0.25) is 0 Å². The normalized spacial score (nSPS) is 27.8. The van der Waals surface area contributed by atoms with Gasteiger partial charge in [-0.3, -0.25) is 4.79 Å². The van der Waals surface area contributed by atoms with Crippen molar-refractivity contribution in [1.29, 1.82) is 0 Å². The van der Waals surface area contributed by atoms with E-state index in [1.165, 1.54) is 0 Å². The summed E-state index contributed by atoms with van der Waals surface area (Å²) in [6, 6.07) is 2.07. The van der Waals surface area contributed by atoms with E-state index < -0.39 is 28.8 Å². The van der Waals surface area contributed by atoms with Gasteiger partial charge in [-0.25, -0.2) is 13.2 Å². The lowest BCUT2D eigenvalue weighted by molar-refractivity contribution is -0.170. The molecule has 0 unspecified atom stereocenters. The third-order valence-corrected chi connectivity index (χ3v) is 6.18. The molecule has 3 nitrogen and oxygen atoms in total. The molecule has 2 aliphatic rings. The van der Waals surface area contributed by atoms with Crippen molar-refractivity contribution < 1.29 is 27.8 Å². The van der Waals surface area contributed by atoms with Crippen LogP contribution < -0.4 is 0 Å². The van der Waals surface area contributed by atoms with Gasteiger partial charge in [0.05, 0.1) is 18.6 Å². The molecule has 6 heteroatoms. The Morgan fingerprint density at radius 3 is 2.19 bits per heavy atom. The van der Waals surface area contributed by atoms with Crippen molar-refractivity contribution in [3.8, 4) is 0 Å². The molecule has 0 spiro atoms. The van der Waals surface area contributed by atoms with E-state index in [0.29, 0.717) is 50.9 Å². The molecule has 0 amide bonds. The van der Waals surface area contributed by atoms with Crippen LogP contribution >= 0.6 is 0 Å². The Morgan fingerprint density at radius 1 is 1.19 bits per heavy atom. The fourth-order valence-electron chi connectivity index (χ4n) is 4.75. The van der Waals surface area contributed by atoms with E-state index >= 15 is 0 Å². The number of carboxylic acids is 1. The van der Waals surface area contributed by atoms with Crippen LogP contribution in [0, 0.1) is 28.3 Å². The molecule has 1 aliphatic heterocycles. The Kier molecular flexibility index (Phi) is 5.33. The predicted molar refractivity (Wildman–Crippen MR) is 90.4 cm³/mol. The number of aliphatic carboxylic acids is 1. The van der Waals surface area contributed by atoms with Crippen LogP contribution in [0.3, 0.4) is 0 Å². The van der Waals surface area contributed by atoms with Gasteiger partial charge in [-0.05, 0) is 62.1 Å². The summed E-state index contributed by atoms with van der Waals surface area (Å²) in [6.45, 7) is 3.30. The number of hydrogen-bond donors (Lipinski definition) is 1. The molecule has 1 saturated heterocycles. The molecule has 0 aromatic heterocycles. The van der Waals surface area contributed by atoms with Gasteiger partial charge in [-0.1, -0.05) is 13.3 Å². The summed E-state index contributed by atoms with van der Waals surface area (Å²) in [5, 5.41) is 9.91. The van der Waals surface area contributed by atoms with Crippen LogP contribution in [0.2, 0.25) is 0 Å². The molecule has 1 heterocycles. The zero-order valence-electron chi connectivity index (χ0n) is 15.0. The molecule has 0 atom stereocenters. The quantitative estimate of drug-likeness (QED) is 0.714. The van der Waals surface area contributed by atoms with Gasteiger partial charge in [0.1, 0.15) is 0 Å². The monoisotopic (exact) mass is 370 g/mol. The van der Waals surface area contributed by atoms with Crippen LogP contribution in [-0.4, -0.2) is 24.3 Å². The number of ether oxygens (including phenoxy) is 1. The van der Waals surface area contributed by atoms with Crippen LogP contribution in [0.4, 0.5) is 13.2 Å². The lowest BCUT2D eigenvalue weighted by atomic mass is 9.60. The average molecular weight is 370 g/mol.